The molecule has 1 N–H and O–H groups in total. The lowest BCUT2D eigenvalue weighted by atomic mass is 9.98. The molecule has 1 saturated carbocycles. The van der Waals surface area contributed by atoms with E-state index < -0.39 is 0 Å². The highest BCUT2D eigenvalue weighted by Crippen LogP contribution is 2.28. The van der Waals surface area contributed by atoms with Crippen molar-refractivity contribution in [2.24, 2.45) is 11.8 Å². The first kappa shape index (κ1) is 19.6. The predicted octanol–water partition coefficient (Wildman–Crippen LogP) is 4.53. The number of carbonyl (C=O) groups is 1. The quantitative estimate of drug-likeness (QED) is 0.684. The van der Waals surface area contributed by atoms with Crippen molar-refractivity contribution in [3.8, 4) is 5.75 Å². The monoisotopic (exact) mass is 418 g/mol. The molecular weight excluding hydrogens is 395 g/mol. The summed E-state index contributed by atoms with van der Waals surface area (Å²) in [5, 5.41) is 4.29. The molecule has 1 heterocycles. The molecule has 4 nitrogen and oxygen atoms in total. The van der Waals surface area contributed by atoms with Gasteiger partial charge in [-0.15, -0.1) is 0 Å². The van der Waals surface area contributed by atoms with Crippen LogP contribution in [0.4, 0.5) is 0 Å². The zero-order chi connectivity index (χ0) is 19.5. The summed E-state index contributed by atoms with van der Waals surface area (Å²) < 4.78 is 5.82. The van der Waals surface area contributed by atoms with Gasteiger partial charge in [0.2, 0.25) is 5.91 Å². The Hall–Kier alpha value is -1.75. The fourth-order valence-corrected chi connectivity index (χ4v) is 3.96. The summed E-state index contributed by atoms with van der Waals surface area (Å²) in [4.78, 5) is 14.4. The minimum atomic E-state index is 0.144. The zero-order valence-corrected chi connectivity index (χ0v) is 17.2. The second kappa shape index (κ2) is 8.73. The Morgan fingerprint density at radius 1 is 1.04 bits per heavy atom. The topological polar surface area (TPSA) is 41.6 Å². The molecule has 6 heteroatoms. The summed E-state index contributed by atoms with van der Waals surface area (Å²) in [6.07, 6.45) is 2.53. The molecule has 2 aliphatic rings. The fourth-order valence-electron chi connectivity index (χ4n) is 3.39. The van der Waals surface area contributed by atoms with Crippen LogP contribution in [-0.2, 0) is 17.9 Å². The van der Waals surface area contributed by atoms with Crippen molar-refractivity contribution in [2.45, 2.75) is 26.0 Å². The van der Waals surface area contributed by atoms with Crippen LogP contribution in [0.3, 0.4) is 0 Å². The van der Waals surface area contributed by atoms with Crippen LogP contribution in [0.2, 0.25) is 10.0 Å². The maximum Gasteiger partial charge on any atom is 0.225 e. The average Bonchev–Trinajstić information content (AvgIpc) is 3.45. The van der Waals surface area contributed by atoms with Gasteiger partial charge in [-0.2, -0.15) is 0 Å². The Labute approximate surface area is 175 Å². The molecular formula is C22H24Cl2N2O2. The molecule has 2 aromatic rings. The molecule has 28 heavy (non-hydrogen) atoms. The highest BCUT2D eigenvalue weighted by Gasteiger charge is 2.33. The molecule has 0 radical (unpaired) electrons. The van der Waals surface area contributed by atoms with E-state index in [2.05, 4.69) is 22.3 Å². The molecule has 0 unspecified atom stereocenters. The Kier molecular flexibility index (Phi) is 6.10. The lowest BCUT2D eigenvalue weighted by molar-refractivity contribution is -0.130. The van der Waals surface area contributed by atoms with Crippen LogP contribution >= 0.6 is 23.2 Å². The lowest BCUT2D eigenvalue weighted by Crippen LogP contribution is -2.53. The van der Waals surface area contributed by atoms with Gasteiger partial charge >= 0.3 is 0 Å². The largest absolute Gasteiger partial charge is 0.489 e. The number of carbonyl (C=O) groups excluding carboxylic acids is 1. The van der Waals surface area contributed by atoms with E-state index in [-0.39, 0.29) is 11.8 Å². The van der Waals surface area contributed by atoms with Crippen LogP contribution in [-0.4, -0.2) is 30.4 Å². The summed E-state index contributed by atoms with van der Waals surface area (Å²) in [6, 6.07) is 13.5. The number of benzene rings is 2. The van der Waals surface area contributed by atoms with Gasteiger partial charge in [-0.1, -0.05) is 35.3 Å². The minimum absolute atomic E-state index is 0.144. The Balaban J connectivity index is 1.20. The molecule has 0 spiro atoms. The number of hydrogen-bond donors (Lipinski definition) is 1. The number of ether oxygens (including phenoxy) is 1. The van der Waals surface area contributed by atoms with E-state index in [1.165, 1.54) is 18.4 Å². The first-order valence-corrected chi connectivity index (χ1v) is 10.5. The first-order valence-electron chi connectivity index (χ1n) is 9.72. The molecule has 0 atom stereocenters. The van der Waals surface area contributed by atoms with Crippen molar-refractivity contribution >= 4 is 29.1 Å². The van der Waals surface area contributed by atoms with Crippen LogP contribution in [0, 0.1) is 11.8 Å². The maximum atomic E-state index is 12.1. The standard InChI is InChI=1S/C22H24Cl2N2O2/c23-19-7-17(8-20(24)9-19)14-28-21-5-3-16(4-6-21)11-26-12-18(13-26)22(27)25-10-15-1-2-15/h3-9,15,18H,1-2,10-14H2,(H,25,27). The molecule has 148 valence electrons. The third kappa shape index (κ3) is 5.40. The summed E-state index contributed by atoms with van der Waals surface area (Å²) in [5.74, 6) is 1.90. The van der Waals surface area contributed by atoms with Crippen LogP contribution in [0.15, 0.2) is 42.5 Å². The van der Waals surface area contributed by atoms with Gasteiger partial charge in [-0.25, -0.2) is 0 Å². The van der Waals surface area contributed by atoms with Gasteiger partial charge in [0.05, 0.1) is 5.92 Å². The van der Waals surface area contributed by atoms with Gasteiger partial charge in [-0.3, -0.25) is 9.69 Å². The van der Waals surface area contributed by atoms with Crippen molar-refractivity contribution in [1.29, 1.82) is 0 Å². The van der Waals surface area contributed by atoms with E-state index in [4.69, 9.17) is 27.9 Å². The number of amides is 1. The molecule has 2 fully saturated rings. The molecule has 1 aliphatic heterocycles. The molecule has 1 aliphatic carbocycles. The SMILES string of the molecule is O=C(NCC1CC1)C1CN(Cc2ccc(OCc3cc(Cl)cc(Cl)c3)cc2)C1. The number of hydrogen-bond acceptors (Lipinski definition) is 3. The third-order valence-corrected chi connectivity index (χ3v) is 5.68. The Bertz CT molecular complexity index is 811. The van der Waals surface area contributed by atoms with E-state index in [0.717, 1.165) is 43.4 Å². The van der Waals surface area contributed by atoms with E-state index in [1.807, 2.05) is 24.3 Å². The molecule has 0 aromatic heterocycles. The number of nitrogens with zero attached hydrogens (tertiary/aromatic N) is 1. The van der Waals surface area contributed by atoms with Crippen molar-refractivity contribution in [3.63, 3.8) is 0 Å². The molecule has 2 aromatic carbocycles. The van der Waals surface area contributed by atoms with Gasteiger partial charge in [-0.05, 0) is 60.2 Å². The average molecular weight is 419 g/mol. The van der Waals surface area contributed by atoms with E-state index in [9.17, 15) is 4.79 Å². The molecule has 1 saturated heterocycles. The Morgan fingerprint density at radius 3 is 2.36 bits per heavy atom. The van der Waals surface area contributed by atoms with Crippen LogP contribution in [0.5, 0.6) is 5.75 Å². The number of rotatable bonds is 8. The zero-order valence-electron chi connectivity index (χ0n) is 15.7. The van der Waals surface area contributed by atoms with E-state index >= 15 is 0 Å². The van der Waals surface area contributed by atoms with Gasteiger partial charge in [0, 0.05) is 36.2 Å². The maximum absolute atomic E-state index is 12.1. The van der Waals surface area contributed by atoms with Crippen LogP contribution < -0.4 is 10.1 Å². The minimum Gasteiger partial charge on any atom is -0.489 e. The predicted molar refractivity (Wildman–Crippen MR) is 112 cm³/mol. The smallest absolute Gasteiger partial charge is 0.225 e. The molecule has 0 bridgehead atoms. The van der Waals surface area contributed by atoms with Crippen molar-refractivity contribution in [3.05, 3.63) is 63.6 Å². The van der Waals surface area contributed by atoms with Gasteiger partial charge in [0.25, 0.3) is 0 Å². The third-order valence-electron chi connectivity index (χ3n) is 5.25. The van der Waals surface area contributed by atoms with Crippen LogP contribution in [0.25, 0.3) is 0 Å². The Morgan fingerprint density at radius 2 is 1.71 bits per heavy atom. The van der Waals surface area contributed by atoms with E-state index in [0.29, 0.717) is 16.7 Å². The number of likely N-dealkylation sites (tertiary alicyclic amines) is 1. The highest BCUT2D eigenvalue weighted by atomic mass is 35.5. The summed E-state index contributed by atoms with van der Waals surface area (Å²) >= 11 is 12.0. The second-order valence-electron chi connectivity index (χ2n) is 7.79. The summed E-state index contributed by atoms with van der Waals surface area (Å²) in [6.45, 7) is 3.81. The lowest BCUT2D eigenvalue weighted by Gasteiger charge is -2.38. The number of halogens is 2. The second-order valence-corrected chi connectivity index (χ2v) is 8.66. The van der Waals surface area contributed by atoms with Crippen molar-refractivity contribution in [1.82, 2.24) is 10.2 Å². The van der Waals surface area contributed by atoms with Gasteiger partial charge in [0.1, 0.15) is 12.4 Å². The molecule has 4 rings (SSSR count). The molecule has 1 amide bonds. The summed E-state index contributed by atoms with van der Waals surface area (Å²) in [5.41, 5.74) is 2.16. The first-order chi connectivity index (χ1) is 13.5. The van der Waals surface area contributed by atoms with Crippen molar-refractivity contribution < 1.29 is 9.53 Å². The number of nitrogens with one attached hydrogen (secondary N) is 1. The van der Waals surface area contributed by atoms with Crippen LogP contribution in [0.1, 0.15) is 24.0 Å². The summed E-state index contributed by atoms with van der Waals surface area (Å²) in [7, 11) is 0. The fraction of sp³-hybridized carbons (Fsp3) is 0.409. The normalized spacial score (nSPS) is 17.2. The highest BCUT2D eigenvalue weighted by molar-refractivity contribution is 6.34. The van der Waals surface area contributed by atoms with E-state index in [1.54, 1.807) is 6.07 Å². The van der Waals surface area contributed by atoms with Gasteiger partial charge < -0.3 is 10.1 Å². The van der Waals surface area contributed by atoms with Crippen molar-refractivity contribution in [2.75, 3.05) is 19.6 Å². The van der Waals surface area contributed by atoms with Gasteiger partial charge in [0.15, 0.2) is 0 Å².